The third kappa shape index (κ3) is 2.08. The summed E-state index contributed by atoms with van der Waals surface area (Å²) in [5, 5.41) is 1.29. The van der Waals surface area contributed by atoms with Crippen LogP contribution >= 0.6 is 23.2 Å². The van der Waals surface area contributed by atoms with Gasteiger partial charge in [-0.2, -0.15) is 0 Å². The molecule has 2 fully saturated rings. The molecule has 17 heavy (non-hydrogen) atoms. The molecule has 1 aliphatic heterocycles. The van der Waals surface area contributed by atoms with Gasteiger partial charge in [-0.1, -0.05) is 35.3 Å². The van der Waals surface area contributed by atoms with Crippen LogP contribution in [0.3, 0.4) is 0 Å². The van der Waals surface area contributed by atoms with E-state index in [4.69, 9.17) is 28.9 Å². The van der Waals surface area contributed by atoms with Crippen molar-refractivity contribution in [3.63, 3.8) is 0 Å². The molecule has 2 aliphatic rings. The lowest BCUT2D eigenvalue weighted by Gasteiger charge is -2.28. The zero-order chi connectivity index (χ0) is 12.0. The summed E-state index contributed by atoms with van der Waals surface area (Å²) in [6, 6.07) is 6.97. The first-order valence-electron chi connectivity index (χ1n) is 6.13. The van der Waals surface area contributed by atoms with Crippen molar-refractivity contribution >= 4 is 23.2 Å². The molecule has 2 unspecified atom stereocenters. The Labute approximate surface area is 112 Å². The van der Waals surface area contributed by atoms with Crippen molar-refractivity contribution in [3.8, 4) is 0 Å². The molecule has 2 N–H and O–H groups in total. The Kier molecular flexibility index (Phi) is 3.07. The number of rotatable bonds is 2. The van der Waals surface area contributed by atoms with E-state index in [9.17, 15) is 0 Å². The van der Waals surface area contributed by atoms with Crippen LogP contribution in [0.1, 0.15) is 30.9 Å². The van der Waals surface area contributed by atoms with Crippen molar-refractivity contribution in [3.05, 3.63) is 33.8 Å². The zero-order valence-corrected chi connectivity index (χ0v) is 11.1. The van der Waals surface area contributed by atoms with E-state index in [1.165, 1.54) is 12.8 Å². The lowest BCUT2D eigenvalue weighted by atomic mass is 10.0. The summed E-state index contributed by atoms with van der Waals surface area (Å²) < 4.78 is 0. The minimum atomic E-state index is 0.173. The molecule has 1 saturated carbocycles. The Balaban J connectivity index is 1.97. The van der Waals surface area contributed by atoms with Crippen LogP contribution in [0.15, 0.2) is 18.2 Å². The van der Waals surface area contributed by atoms with Gasteiger partial charge in [0.25, 0.3) is 0 Å². The second-order valence-electron chi connectivity index (χ2n) is 5.01. The summed E-state index contributed by atoms with van der Waals surface area (Å²) in [6.07, 6.45) is 3.63. The highest BCUT2D eigenvalue weighted by Crippen LogP contribution is 2.43. The SMILES string of the molecule is NC1CCN(C2CC2)C1c1cccc(Cl)c1Cl. The first-order valence-corrected chi connectivity index (χ1v) is 6.89. The average molecular weight is 271 g/mol. The normalized spacial score (nSPS) is 29.8. The monoisotopic (exact) mass is 270 g/mol. The van der Waals surface area contributed by atoms with Crippen molar-refractivity contribution in [2.45, 2.75) is 37.4 Å². The van der Waals surface area contributed by atoms with Gasteiger partial charge >= 0.3 is 0 Å². The van der Waals surface area contributed by atoms with Gasteiger partial charge in [-0.15, -0.1) is 0 Å². The van der Waals surface area contributed by atoms with Crippen molar-refractivity contribution in [1.29, 1.82) is 0 Å². The molecule has 0 aromatic heterocycles. The van der Waals surface area contributed by atoms with Crippen LogP contribution in [0.4, 0.5) is 0 Å². The van der Waals surface area contributed by atoms with E-state index < -0.39 is 0 Å². The molecule has 2 atom stereocenters. The molecule has 1 aromatic rings. The zero-order valence-electron chi connectivity index (χ0n) is 9.57. The van der Waals surface area contributed by atoms with E-state index in [-0.39, 0.29) is 12.1 Å². The maximum atomic E-state index is 6.31. The van der Waals surface area contributed by atoms with Gasteiger partial charge in [-0.25, -0.2) is 0 Å². The summed E-state index contributed by atoms with van der Waals surface area (Å²) >= 11 is 12.4. The van der Waals surface area contributed by atoms with Crippen LogP contribution in [0, 0.1) is 0 Å². The van der Waals surface area contributed by atoms with Gasteiger partial charge in [-0.05, 0) is 30.9 Å². The van der Waals surface area contributed by atoms with Gasteiger partial charge in [0.2, 0.25) is 0 Å². The largest absolute Gasteiger partial charge is 0.326 e. The van der Waals surface area contributed by atoms with Gasteiger partial charge in [-0.3, -0.25) is 4.90 Å². The first kappa shape index (κ1) is 11.8. The number of benzene rings is 1. The minimum absolute atomic E-state index is 0.173. The summed E-state index contributed by atoms with van der Waals surface area (Å²) in [6.45, 7) is 1.08. The van der Waals surface area contributed by atoms with E-state index in [0.717, 1.165) is 18.5 Å². The average Bonchev–Trinajstić information content (AvgIpc) is 3.08. The third-order valence-electron chi connectivity index (χ3n) is 3.80. The molecule has 3 rings (SSSR count). The molecule has 2 nitrogen and oxygen atoms in total. The van der Waals surface area contributed by atoms with E-state index in [2.05, 4.69) is 11.0 Å². The number of hydrogen-bond donors (Lipinski definition) is 1. The molecular formula is C13H16Cl2N2. The van der Waals surface area contributed by atoms with Crippen LogP contribution in [-0.2, 0) is 0 Å². The molecule has 0 amide bonds. The molecule has 92 valence electrons. The van der Waals surface area contributed by atoms with Crippen molar-refractivity contribution in [1.82, 2.24) is 4.90 Å². The van der Waals surface area contributed by atoms with Gasteiger partial charge in [0.1, 0.15) is 0 Å². The number of hydrogen-bond acceptors (Lipinski definition) is 2. The van der Waals surface area contributed by atoms with Gasteiger partial charge in [0.15, 0.2) is 0 Å². The van der Waals surface area contributed by atoms with Crippen LogP contribution < -0.4 is 5.73 Å². The maximum Gasteiger partial charge on any atom is 0.0640 e. The minimum Gasteiger partial charge on any atom is -0.326 e. The highest BCUT2D eigenvalue weighted by atomic mass is 35.5. The molecule has 4 heteroatoms. The summed E-state index contributed by atoms with van der Waals surface area (Å²) in [5.41, 5.74) is 7.34. The van der Waals surface area contributed by atoms with E-state index in [1.54, 1.807) is 0 Å². The second kappa shape index (κ2) is 4.43. The predicted molar refractivity (Wildman–Crippen MR) is 71.5 cm³/mol. The number of halogens is 2. The fourth-order valence-electron chi connectivity index (χ4n) is 2.82. The van der Waals surface area contributed by atoms with E-state index in [1.807, 2.05) is 12.1 Å². The van der Waals surface area contributed by atoms with Gasteiger partial charge in [0.05, 0.1) is 16.1 Å². The highest BCUT2D eigenvalue weighted by Gasteiger charge is 2.42. The number of nitrogens with zero attached hydrogens (tertiary/aromatic N) is 1. The predicted octanol–water partition coefficient (Wildman–Crippen LogP) is 3.23. The topological polar surface area (TPSA) is 29.3 Å². The Morgan fingerprint density at radius 3 is 2.65 bits per heavy atom. The molecular weight excluding hydrogens is 255 g/mol. The molecule has 1 saturated heterocycles. The Morgan fingerprint density at radius 1 is 1.18 bits per heavy atom. The maximum absolute atomic E-state index is 6.31. The van der Waals surface area contributed by atoms with Crippen molar-refractivity contribution in [2.75, 3.05) is 6.54 Å². The van der Waals surface area contributed by atoms with Crippen LogP contribution in [0.5, 0.6) is 0 Å². The Morgan fingerprint density at radius 2 is 1.94 bits per heavy atom. The molecule has 1 heterocycles. The van der Waals surface area contributed by atoms with E-state index in [0.29, 0.717) is 16.1 Å². The highest BCUT2D eigenvalue weighted by molar-refractivity contribution is 6.42. The summed E-state index contributed by atoms with van der Waals surface area (Å²) in [5.74, 6) is 0. The third-order valence-corrected chi connectivity index (χ3v) is 4.63. The molecule has 1 aromatic carbocycles. The van der Waals surface area contributed by atoms with Crippen molar-refractivity contribution < 1.29 is 0 Å². The molecule has 0 bridgehead atoms. The smallest absolute Gasteiger partial charge is 0.0640 e. The lowest BCUT2D eigenvalue weighted by Crippen LogP contribution is -2.33. The molecule has 0 spiro atoms. The quantitative estimate of drug-likeness (QED) is 0.894. The summed E-state index contributed by atoms with van der Waals surface area (Å²) in [7, 11) is 0. The molecule has 1 aliphatic carbocycles. The van der Waals surface area contributed by atoms with Gasteiger partial charge < -0.3 is 5.73 Å². The van der Waals surface area contributed by atoms with Crippen LogP contribution in [0.2, 0.25) is 10.0 Å². The lowest BCUT2D eigenvalue weighted by molar-refractivity contribution is 0.237. The Bertz CT molecular complexity index is 431. The second-order valence-corrected chi connectivity index (χ2v) is 5.79. The number of nitrogens with two attached hydrogens (primary N) is 1. The summed E-state index contributed by atoms with van der Waals surface area (Å²) in [4.78, 5) is 2.50. The van der Waals surface area contributed by atoms with Crippen molar-refractivity contribution in [2.24, 2.45) is 5.73 Å². The van der Waals surface area contributed by atoms with Gasteiger partial charge in [0, 0.05) is 18.6 Å². The van der Waals surface area contributed by atoms with Crippen LogP contribution in [0.25, 0.3) is 0 Å². The number of likely N-dealkylation sites (tertiary alicyclic amines) is 1. The Hall–Kier alpha value is -0.280. The van der Waals surface area contributed by atoms with E-state index >= 15 is 0 Å². The standard InChI is InChI=1S/C13H16Cl2N2/c14-10-3-1-2-9(12(10)15)13-11(16)6-7-17(13)8-4-5-8/h1-3,8,11,13H,4-7,16H2. The molecule has 0 radical (unpaired) electrons. The fraction of sp³-hybridized carbons (Fsp3) is 0.538. The van der Waals surface area contributed by atoms with Crippen LogP contribution in [-0.4, -0.2) is 23.5 Å². The first-order chi connectivity index (χ1) is 8.18. The fourth-order valence-corrected chi connectivity index (χ4v) is 3.23.